The summed E-state index contributed by atoms with van der Waals surface area (Å²) in [5, 5.41) is 0. The topological polar surface area (TPSA) is 12.9 Å². The Labute approximate surface area is 84.8 Å². The fraction of sp³-hybridized carbons (Fsp3) is 0. The summed E-state index contributed by atoms with van der Waals surface area (Å²) in [5.74, 6) is 0. The van der Waals surface area contributed by atoms with Crippen molar-refractivity contribution in [1.29, 1.82) is 0 Å². The molecule has 1 nitrogen and oxygen atoms in total. The molecule has 0 N–H and O–H groups in total. The fourth-order valence-electron chi connectivity index (χ4n) is 0.882. The van der Waals surface area contributed by atoms with Crippen molar-refractivity contribution in [2.75, 3.05) is 0 Å². The zero-order valence-corrected chi connectivity index (χ0v) is 8.01. The first-order valence-corrected chi connectivity index (χ1v) is 4.47. The van der Waals surface area contributed by atoms with Gasteiger partial charge in [0.25, 0.3) is 0 Å². The van der Waals surface area contributed by atoms with E-state index in [1.165, 1.54) is 0 Å². The van der Waals surface area contributed by atoms with Crippen LogP contribution in [0.2, 0.25) is 0 Å². The first kappa shape index (κ1) is 10.2. The Hall–Kier alpha value is -1.89. The minimum absolute atomic E-state index is 0.924. The van der Waals surface area contributed by atoms with Gasteiger partial charge in [-0.2, -0.15) is 0 Å². The smallest absolute Gasteiger partial charge is 0.0623 e. The lowest BCUT2D eigenvalue weighted by Crippen LogP contribution is -1.73. The molecule has 14 heavy (non-hydrogen) atoms. The minimum atomic E-state index is 0.924. The van der Waals surface area contributed by atoms with Gasteiger partial charge in [0, 0.05) is 6.20 Å². The Morgan fingerprint density at radius 2 is 1.43 bits per heavy atom. The van der Waals surface area contributed by atoms with Crippen LogP contribution in [-0.4, -0.2) is 4.98 Å². The molecule has 0 spiro atoms. The van der Waals surface area contributed by atoms with Crippen molar-refractivity contribution in [2.45, 2.75) is 0 Å². The Bertz CT molecular complexity index is 313. The van der Waals surface area contributed by atoms with E-state index in [1.807, 2.05) is 54.6 Å². The van der Waals surface area contributed by atoms with Gasteiger partial charge in [0.15, 0.2) is 0 Å². The average Bonchev–Trinajstić information content (AvgIpc) is 2.33. The van der Waals surface area contributed by atoms with Gasteiger partial charge in [-0.25, -0.2) is 0 Å². The molecule has 1 heteroatoms. The van der Waals surface area contributed by atoms with E-state index in [9.17, 15) is 0 Å². The summed E-state index contributed by atoms with van der Waals surface area (Å²) in [6, 6.07) is 17.7. The van der Waals surface area contributed by atoms with Gasteiger partial charge < -0.3 is 0 Å². The SMILES string of the molecule is C=Cc1ccccn1.c1ccccc1. The molecule has 0 saturated carbocycles. The Morgan fingerprint density at radius 3 is 1.71 bits per heavy atom. The molecule has 0 aliphatic carbocycles. The predicted octanol–water partition coefficient (Wildman–Crippen LogP) is 3.41. The van der Waals surface area contributed by atoms with Gasteiger partial charge in [0.2, 0.25) is 0 Å². The maximum Gasteiger partial charge on any atom is 0.0623 e. The highest BCUT2D eigenvalue weighted by atomic mass is 14.6. The molecule has 0 bridgehead atoms. The molecule has 0 fully saturated rings. The number of hydrogen-bond acceptors (Lipinski definition) is 1. The highest BCUT2D eigenvalue weighted by molar-refractivity contribution is 5.40. The van der Waals surface area contributed by atoms with Crippen molar-refractivity contribution in [3.63, 3.8) is 0 Å². The molecule has 2 aromatic rings. The van der Waals surface area contributed by atoms with Gasteiger partial charge in [-0.15, -0.1) is 0 Å². The molecular weight excluding hydrogens is 170 g/mol. The van der Waals surface area contributed by atoms with Crippen molar-refractivity contribution in [2.24, 2.45) is 0 Å². The Kier molecular flexibility index (Phi) is 4.81. The largest absolute Gasteiger partial charge is 0.257 e. The van der Waals surface area contributed by atoms with Crippen LogP contribution in [0, 0.1) is 0 Å². The van der Waals surface area contributed by atoms with E-state index in [1.54, 1.807) is 12.3 Å². The van der Waals surface area contributed by atoms with Crippen LogP contribution in [0.3, 0.4) is 0 Å². The summed E-state index contributed by atoms with van der Waals surface area (Å²) in [6.45, 7) is 3.57. The van der Waals surface area contributed by atoms with E-state index in [4.69, 9.17) is 0 Å². The first-order valence-electron chi connectivity index (χ1n) is 4.47. The van der Waals surface area contributed by atoms with Crippen LogP contribution in [0.4, 0.5) is 0 Å². The van der Waals surface area contributed by atoms with E-state index in [-0.39, 0.29) is 0 Å². The molecule has 1 heterocycles. The van der Waals surface area contributed by atoms with Crippen LogP contribution >= 0.6 is 0 Å². The van der Waals surface area contributed by atoms with E-state index in [0.717, 1.165) is 5.69 Å². The molecule has 1 aromatic heterocycles. The minimum Gasteiger partial charge on any atom is -0.257 e. The zero-order chi connectivity index (χ0) is 10.1. The molecule has 0 aliphatic heterocycles. The Morgan fingerprint density at radius 1 is 0.857 bits per heavy atom. The molecule has 0 aliphatic rings. The summed E-state index contributed by atoms with van der Waals surface area (Å²) >= 11 is 0. The summed E-state index contributed by atoms with van der Waals surface area (Å²) < 4.78 is 0. The van der Waals surface area contributed by atoms with Crippen molar-refractivity contribution in [3.05, 3.63) is 73.1 Å². The molecule has 0 radical (unpaired) electrons. The number of benzene rings is 1. The molecular formula is C13H13N. The monoisotopic (exact) mass is 183 g/mol. The molecule has 0 atom stereocenters. The van der Waals surface area contributed by atoms with Gasteiger partial charge in [-0.1, -0.05) is 49.0 Å². The maximum atomic E-state index is 3.98. The second kappa shape index (κ2) is 6.61. The van der Waals surface area contributed by atoms with Crippen LogP contribution < -0.4 is 0 Å². The van der Waals surface area contributed by atoms with E-state index in [0.29, 0.717) is 0 Å². The summed E-state index contributed by atoms with van der Waals surface area (Å²) in [5.41, 5.74) is 0.924. The summed E-state index contributed by atoms with van der Waals surface area (Å²) in [6.07, 6.45) is 3.47. The molecule has 0 saturated heterocycles. The second-order valence-corrected chi connectivity index (χ2v) is 2.61. The van der Waals surface area contributed by atoms with E-state index >= 15 is 0 Å². The molecule has 70 valence electrons. The number of rotatable bonds is 1. The van der Waals surface area contributed by atoms with Crippen LogP contribution in [0.1, 0.15) is 5.69 Å². The predicted molar refractivity (Wildman–Crippen MR) is 60.8 cm³/mol. The number of hydrogen-bond donors (Lipinski definition) is 0. The van der Waals surface area contributed by atoms with E-state index < -0.39 is 0 Å². The van der Waals surface area contributed by atoms with Gasteiger partial charge in [0.1, 0.15) is 0 Å². The number of pyridine rings is 1. The van der Waals surface area contributed by atoms with Crippen LogP contribution in [-0.2, 0) is 0 Å². The van der Waals surface area contributed by atoms with Crippen molar-refractivity contribution < 1.29 is 0 Å². The quantitative estimate of drug-likeness (QED) is 0.660. The third kappa shape index (κ3) is 4.21. The van der Waals surface area contributed by atoms with Gasteiger partial charge in [-0.05, 0) is 18.2 Å². The van der Waals surface area contributed by atoms with Gasteiger partial charge in [0.05, 0.1) is 5.69 Å². The highest BCUT2D eigenvalue weighted by Crippen LogP contribution is 1.91. The average molecular weight is 183 g/mol. The lowest BCUT2D eigenvalue weighted by Gasteiger charge is -1.84. The second-order valence-electron chi connectivity index (χ2n) is 2.61. The highest BCUT2D eigenvalue weighted by Gasteiger charge is 1.77. The van der Waals surface area contributed by atoms with Gasteiger partial charge in [-0.3, -0.25) is 4.98 Å². The van der Waals surface area contributed by atoms with E-state index in [2.05, 4.69) is 11.6 Å². The lowest BCUT2D eigenvalue weighted by atomic mass is 10.4. The standard InChI is InChI=1S/C7H7N.C6H6/c1-2-7-5-3-4-6-8-7;1-2-4-6-5-3-1/h2-6H,1H2;1-6H. The van der Waals surface area contributed by atoms with Crippen LogP contribution in [0.5, 0.6) is 0 Å². The third-order valence-electron chi connectivity index (χ3n) is 1.56. The van der Waals surface area contributed by atoms with Crippen molar-refractivity contribution in [1.82, 2.24) is 4.98 Å². The van der Waals surface area contributed by atoms with Crippen molar-refractivity contribution in [3.8, 4) is 0 Å². The zero-order valence-electron chi connectivity index (χ0n) is 8.01. The van der Waals surface area contributed by atoms with Gasteiger partial charge >= 0.3 is 0 Å². The third-order valence-corrected chi connectivity index (χ3v) is 1.56. The molecule has 1 aromatic carbocycles. The molecule has 0 unspecified atom stereocenters. The Balaban J connectivity index is 0.000000146. The van der Waals surface area contributed by atoms with Crippen LogP contribution in [0.25, 0.3) is 6.08 Å². The van der Waals surface area contributed by atoms with Crippen LogP contribution in [0.15, 0.2) is 67.4 Å². The summed E-state index contributed by atoms with van der Waals surface area (Å²) in [4.78, 5) is 3.98. The fourth-order valence-corrected chi connectivity index (χ4v) is 0.882. The normalized spacial score (nSPS) is 8.29. The first-order chi connectivity index (χ1) is 6.93. The number of aromatic nitrogens is 1. The summed E-state index contributed by atoms with van der Waals surface area (Å²) in [7, 11) is 0. The lowest BCUT2D eigenvalue weighted by molar-refractivity contribution is 1.30. The molecule has 0 amide bonds. The van der Waals surface area contributed by atoms with Crippen molar-refractivity contribution >= 4 is 6.08 Å². The molecule has 2 rings (SSSR count). The number of nitrogens with zero attached hydrogens (tertiary/aromatic N) is 1. The maximum absolute atomic E-state index is 3.98.